The Morgan fingerprint density at radius 3 is 2.53 bits per heavy atom. The maximum absolute atomic E-state index is 12.4. The number of rotatable bonds is 8. The summed E-state index contributed by atoms with van der Waals surface area (Å²) in [6.07, 6.45) is 1.42. The first-order valence-electron chi connectivity index (χ1n) is 10.0. The third-order valence-electron chi connectivity index (χ3n) is 4.88. The molecule has 166 valence electrons. The number of carbonyl (C=O) groups excluding carboxylic acids is 3. The van der Waals surface area contributed by atoms with Crippen molar-refractivity contribution in [2.45, 2.75) is 13.8 Å². The maximum atomic E-state index is 12.4. The molecule has 0 saturated carbocycles. The summed E-state index contributed by atoms with van der Waals surface area (Å²) in [6.45, 7) is 3.55. The van der Waals surface area contributed by atoms with E-state index in [1.54, 1.807) is 36.4 Å². The average Bonchev–Trinajstić information content (AvgIpc) is 3.30. The van der Waals surface area contributed by atoms with E-state index in [0.29, 0.717) is 11.4 Å². The van der Waals surface area contributed by atoms with Crippen molar-refractivity contribution in [3.05, 3.63) is 77.7 Å². The molecule has 8 heteroatoms. The monoisotopic (exact) mass is 435 g/mol. The van der Waals surface area contributed by atoms with Crippen molar-refractivity contribution >= 4 is 29.1 Å². The van der Waals surface area contributed by atoms with E-state index in [4.69, 9.17) is 9.15 Å². The van der Waals surface area contributed by atoms with Gasteiger partial charge >= 0.3 is 0 Å². The number of likely N-dealkylation sites (N-methyl/N-ethyl adjacent to an activating group) is 1. The molecule has 1 heterocycles. The van der Waals surface area contributed by atoms with E-state index in [0.717, 1.165) is 16.8 Å². The summed E-state index contributed by atoms with van der Waals surface area (Å²) < 4.78 is 10.6. The van der Waals surface area contributed by atoms with E-state index in [-0.39, 0.29) is 30.7 Å². The lowest BCUT2D eigenvalue weighted by atomic mass is 10.1. The van der Waals surface area contributed by atoms with Crippen LogP contribution in [0.25, 0.3) is 0 Å². The molecule has 0 bridgehead atoms. The smallest absolute Gasteiger partial charge is 0.291 e. The second-order valence-corrected chi connectivity index (χ2v) is 7.29. The number of hydrogen-bond donors (Lipinski definition) is 2. The maximum Gasteiger partial charge on any atom is 0.291 e. The van der Waals surface area contributed by atoms with Gasteiger partial charge in [0, 0.05) is 24.5 Å². The second kappa shape index (κ2) is 10.3. The summed E-state index contributed by atoms with van der Waals surface area (Å²) in [6, 6.07) is 15.5. The van der Waals surface area contributed by atoms with Crippen LogP contribution in [0, 0.1) is 13.8 Å². The normalized spacial score (nSPS) is 10.3. The van der Waals surface area contributed by atoms with Gasteiger partial charge in [0.05, 0.1) is 12.8 Å². The number of ether oxygens (including phenoxy) is 1. The minimum absolute atomic E-state index is 0.102. The third-order valence-corrected chi connectivity index (χ3v) is 4.88. The molecule has 2 aromatic carbocycles. The van der Waals surface area contributed by atoms with Crippen molar-refractivity contribution in [2.24, 2.45) is 0 Å². The Morgan fingerprint density at radius 2 is 1.78 bits per heavy atom. The highest BCUT2D eigenvalue weighted by atomic mass is 16.5. The summed E-state index contributed by atoms with van der Waals surface area (Å²) in [5.41, 5.74) is 3.28. The van der Waals surface area contributed by atoms with E-state index in [2.05, 4.69) is 10.6 Å². The lowest BCUT2D eigenvalue weighted by Gasteiger charge is -2.18. The SMILES string of the molecule is Cc1cccc(NC(=O)CN(C)C(=O)COc2cccc(NC(=O)c3ccco3)c2)c1C. The van der Waals surface area contributed by atoms with Gasteiger partial charge in [0.1, 0.15) is 5.75 Å². The van der Waals surface area contributed by atoms with Crippen LogP contribution >= 0.6 is 0 Å². The van der Waals surface area contributed by atoms with Crippen LogP contribution in [-0.2, 0) is 9.59 Å². The Labute approximate surface area is 186 Å². The number of aryl methyl sites for hydroxylation is 1. The fourth-order valence-electron chi connectivity index (χ4n) is 2.90. The molecule has 1 aromatic heterocycles. The number of carbonyl (C=O) groups is 3. The Kier molecular flexibility index (Phi) is 7.28. The minimum Gasteiger partial charge on any atom is -0.484 e. The van der Waals surface area contributed by atoms with Crippen LogP contribution in [0.1, 0.15) is 21.7 Å². The van der Waals surface area contributed by atoms with Crippen molar-refractivity contribution in [1.82, 2.24) is 4.90 Å². The molecule has 0 saturated heterocycles. The van der Waals surface area contributed by atoms with Crippen LogP contribution in [0.15, 0.2) is 65.3 Å². The molecule has 0 radical (unpaired) electrons. The van der Waals surface area contributed by atoms with Gasteiger partial charge in [-0.1, -0.05) is 18.2 Å². The van der Waals surface area contributed by atoms with Crippen LogP contribution in [0.4, 0.5) is 11.4 Å². The first kappa shape index (κ1) is 22.6. The Hall–Kier alpha value is -4.07. The van der Waals surface area contributed by atoms with Crippen molar-refractivity contribution < 1.29 is 23.5 Å². The predicted octanol–water partition coefficient (Wildman–Crippen LogP) is 3.62. The van der Waals surface area contributed by atoms with Gasteiger partial charge in [-0.25, -0.2) is 0 Å². The number of amides is 3. The Morgan fingerprint density at radius 1 is 1.00 bits per heavy atom. The van der Waals surface area contributed by atoms with Crippen LogP contribution < -0.4 is 15.4 Å². The van der Waals surface area contributed by atoms with Crippen LogP contribution in [0.3, 0.4) is 0 Å². The molecule has 3 amide bonds. The van der Waals surface area contributed by atoms with Crippen molar-refractivity contribution in [2.75, 3.05) is 30.8 Å². The lowest BCUT2D eigenvalue weighted by molar-refractivity contribution is -0.135. The Bertz CT molecular complexity index is 1110. The van der Waals surface area contributed by atoms with Crippen LogP contribution in [0.2, 0.25) is 0 Å². The number of anilines is 2. The molecule has 0 unspecified atom stereocenters. The topological polar surface area (TPSA) is 101 Å². The fourth-order valence-corrected chi connectivity index (χ4v) is 2.90. The second-order valence-electron chi connectivity index (χ2n) is 7.29. The predicted molar refractivity (Wildman–Crippen MR) is 121 cm³/mol. The third kappa shape index (κ3) is 5.98. The molecule has 2 N–H and O–H groups in total. The largest absolute Gasteiger partial charge is 0.484 e. The van der Waals surface area contributed by atoms with Crippen molar-refractivity contribution in [3.8, 4) is 5.75 Å². The molecule has 3 aromatic rings. The van der Waals surface area contributed by atoms with Gasteiger partial charge in [-0.15, -0.1) is 0 Å². The van der Waals surface area contributed by atoms with Crippen molar-refractivity contribution in [3.63, 3.8) is 0 Å². The zero-order valence-corrected chi connectivity index (χ0v) is 18.2. The van der Waals surface area contributed by atoms with Gasteiger partial charge in [0.25, 0.3) is 11.8 Å². The molecule has 0 spiro atoms. The molecule has 32 heavy (non-hydrogen) atoms. The first-order chi connectivity index (χ1) is 15.3. The van der Waals surface area contributed by atoms with Gasteiger partial charge in [0.2, 0.25) is 5.91 Å². The average molecular weight is 435 g/mol. The van der Waals surface area contributed by atoms with E-state index >= 15 is 0 Å². The van der Waals surface area contributed by atoms with Gasteiger partial charge in [-0.3, -0.25) is 14.4 Å². The summed E-state index contributed by atoms with van der Waals surface area (Å²) in [5, 5.41) is 5.52. The van der Waals surface area contributed by atoms with Gasteiger partial charge in [0.15, 0.2) is 12.4 Å². The van der Waals surface area contributed by atoms with Crippen molar-refractivity contribution in [1.29, 1.82) is 0 Å². The lowest BCUT2D eigenvalue weighted by Crippen LogP contribution is -2.37. The summed E-state index contributed by atoms with van der Waals surface area (Å²) in [5.74, 6) is -0.447. The van der Waals surface area contributed by atoms with E-state index in [1.807, 2.05) is 32.0 Å². The zero-order valence-electron chi connectivity index (χ0n) is 18.2. The Balaban J connectivity index is 1.50. The first-order valence-corrected chi connectivity index (χ1v) is 10.0. The van der Waals surface area contributed by atoms with Crippen LogP contribution in [-0.4, -0.2) is 42.8 Å². The summed E-state index contributed by atoms with van der Waals surface area (Å²) in [7, 11) is 1.54. The number of nitrogens with one attached hydrogen (secondary N) is 2. The van der Waals surface area contributed by atoms with Crippen LogP contribution in [0.5, 0.6) is 5.75 Å². The van der Waals surface area contributed by atoms with E-state index < -0.39 is 5.91 Å². The molecule has 0 aliphatic carbocycles. The number of nitrogens with zero attached hydrogens (tertiary/aromatic N) is 1. The summed E-state index contributed by atoms with van der Waals surface area (Å²) in [4.78, 5) is 38.1. The van der Waals surface area contributed by atoms with Gasteiger partial charge < -0.3 is 24.7 Å². The zero-order chi connectivity index (χ0) is 23.1. The molecule has 8 nitrogen and oxygen atoms in total. The van der Waals surface area contributed by atoms with E-state index in [1.165, 1.54) is 18.2 Å². The minimum atomic E-state index is -0.391. The standard InChI is InChI=1S/C24H25N3O5/c1-16-7-4-10-20(17(16)2)26-22(28)14-27(3)23(29)15-32-19-9-5-8-18(13-19)25-24(30)21-11-6-12-31-21/h4-13H,14-15H2,1-3H3,(H,25,30)(H,26,28). The number of furan rings is 1. The molecule has 0 aliphatic rings. The highest BCUT2D eigenvalue weighted by molar-refractivity contribution is 6.02. The van der Waals surface area contributed by atoms with Gasteiger partial charge in [-0.05, 0) is 55.3 Å². The molecular weight excluding hydrogens is 410 g/mol. The molecule has 0 fully saturated rings. The molecule has 0 aliphatic heterocycles. The molecule has 0 atom stereocenters. The molecule has 3 rings (SSSR count). The number of hydrogen-bond acceptors (Lipinski definition) is 5. The highest BCUT2D eigenvalue weighted by Crippen LogP contribution is 2.19. The van der Waals surface area contributed by atoms with E-state index in [9.17, 15) is 14.4 Å². The molecular formula is C24H25N3O5. The van der Waals surface area contributed by atoms with Gasteiger partial charge in [-0.2, -0.15) is 0 Å². The highest BCUT2D eigenvalue weighted by Gasteiger charge is 2.15. The number of benzene rings is 2. The quantitative estimate of drug-likeness (QED) is 0.563. The summed E-state index contributed by atoms with van der Waals surface area (Å²) >= 11 is 0. The fraction of sp³-hybridized carbons (Fsp3) is 0.208.